The second-order valence-corrected chi connectivity index (χ2v) is 5.41. The van der Waals surface area contributed by atoms with E-state index in [-0.39, 0.29) is 11.6 Å². The number of benzene rings is 2. The second kappa shape index (κ2) is 7.63. The summed E-state index contributed by atoms with van der Waals surface area (Å²) in [6, 6.07) is 10.8. The minimum Gasteiger partial charge on any atom is -0.494 e. The molecule has 3 N–H and O–H groups in total. The highest BCUT2D eigenvalue weighted by Gasteiger charge is 2.03. The monoisotopic (exact) mass is 315 g/mol. The van der Waals surface area contributed by atoms with Gasteiger partial charge in [0.2, 0.25) is 0 Å². The van der Waals surface area contributed by atoms with Crippen LogP contribution in [-0.2, 0) is 6.42 Å². The highest BCUT2D eigenvalue weighted by molar-refractivity contribution is 5.92. The van der Waals surface area contributed by atoms with Gasteiger partial charge in [-0.1, -0.05) is 12.1 Å². The van der Waals surface area contributed by atoms with Gasteiger partial charge in [0.1, 0.15) is 0 Å². The lowest BCUT2D eigenvalue weighted by molar-refractivity contribution is 0.386. The zero-order chi connectivity index (χ0) is 16.8. The van der Waals surface area contributed by atoms with Gasteiger partial charge in [-0.05, 0) is 61.2 Å². The maximum atomic E-state index is 13.3. The van der Waals surface area contributed by atoms with Gasteiger partial charge in [-0.25, -0.2) is 4.39 Å². The molecule has 0 saturated carbocycles. The van der Waals surface area contributed by atoms with E-state index >= 15 is 0 Å². The third-order valence-electron chi connectivity index (χ3n) is 3.68. The Morgan fingerprint density at radius 3 is 2.65 bits per heavy atom. The summed E-state index contributed by atoms with van der Waals surface area (Å²) in [5.41, 5.74) is 10.2. The first-order valence-electron chi connectivity index (χ1n) is 7.46. The largest absolute Gasteiger partial charge is 0.494 e. The van der Waals surface area contributed by atoms with Crippen LogP contribution in [0.4, 0.5) is 10.1 Å². The molecule has 122 valence electrons. The number of anilines is 1. The lowest BCUT2D eigenvalue weighted by Crippen LogP contribution is -2.23. The van der Waals surface area contributed by atoms with Crippen molar-refractivity contribution in [2.75, 3.05) is 19.0 Å². The van der Waals surface area contributed by atoms with Gasteiger partial charge in [0.15, 0.2) is 17.5 Å². The van der Waals surface area contributed by atoms with Crippen LogP contribution < -0.4 is 15.8 Å². The maximum Gasteiger partial charge on any atom is 0.193 e. The number of rotatable bonds is 5. The third kappa shape index (κ3) is 4.71. The fourth-order valence-electron chi connectivity index (χ4n) is 2.17. The number of hydrogen-bond acceptors (Lipinski definition) is 2. The molecule has 0 radical (unpaired) electrons. The van der Waals surface area contributed by atoms with E-state index in [1.807, 2.05) is 18.2 Å². The van der Waals surface area contributed by atoms with E-state index in [1.54, 1.807) is 12.1 Å². The smallest absolute Gasteiger partial charge is 0.193 e. The summed E-state index contributed by atoms with van der Waals surface area (Å²) in [5.74, 6) is 0.241. The Balaban J connectivity index is 1.93. The van der Waals surface area contributed by atoms with Crippen molar-refractivity contribution in [3.63, 3.8) is 0 Å². The van der Waals surface area contributed by atoms with Gasteiger partial charge < -0.3 is 15.8 Å². The number of methoxy groups -OCH3 is 1. The number of nitrogens with zero attached hydrogens (tertiary/aromatic N) is 1. The number of nitrogens with one attached hydrogen (secondary N) is 1. The van der Waals surface area contributed by atoms with Crippen LogP contribution in [0, 0.1) is 19.7 Å². The maximum absolute atomic E-state index is 13.3. The Labute approximate surface area is 136 Å². The number of ether oxygens (including phenoxy) is 1. The van der Waals surface area contributed by atoms with Gasteiger partial charge in [0, 0.05) is 12.2 Å². The van der Waals surface area contributed by atoms with Gasteiger partial charge in [0.25, 0.3) is 0 Å². The number of hydrogen-bond donors (Lipinski definition) is 2. The van der Waals surface area contributed by atoms with Crippen LogP contribution in [0.15, 0.2) is 41.4 Å². The van der Waals surface area contributed by atoms with Crippen molar-refractivity contribution in [1.29, 1.82) is 0 Å². The Bertz CT molecular complexity index is 713. The molecule has 5 heteroatoms. The van der Waals surface area contributed by atoms with Crippen molar-refractivity contribution in [2.45, 2.75) is 20.3 Å². The molecule has 2 rings (SSSR count). The SMILES string of the molecule is COc1cc(CCN=C(N)Nc2ccc(C)c(C)c2)ccc1F. The van der Waals surface area contributed by atoms with Crippen LogP contribution in [0.1, 0.15) is 16.7 Å². The molecule has 0 atom stereocenters. The number of aliphatic imine (C=N–C) groups is 1. The Kier molecular flexibility index (Phi) is 5.57. The van der Waals surface area contributed by atoms with Crippen LogP contribution in [0.2, 0.25) is 0 Å². The summed E-state index contributed by atoms with van der Waals surface area (Å²) in [6.07, 6.45) is 0.659. The van der Waals surface area contributed by atoms with E-state index in [1.165, 1.54) is 24.3 Å². The lowest BCUT2D eigenvalue weighted by atomic mass is 10.1. The predicted octanol–water partition coefficient (Wildman–Crippen LogP) is 3.42. The molecule has 0 unspecified atom stereocenters. The van der Waals surface area contributed by atoms with Crippen molar-refractivity contribution < 1.29 is 9.13 Å². The normalized spacial score (nSPS) is 11.4. The first-order valence-corrected chi connectivity index (χ1v) is 7.46. The molecule has 2 aromatic carbocycles. The topological polar surface area (TPSA) is 59.6 Å². The van der Waals surface area contributed by atoms with Gasteiger partial charge in [-0.2, -0.15) is 0 Å². The summed E-state index contributed by atoms with van der Waals surface area (Å²) >= 11 is 0. The van der Waals surface area contributed by atoms with Gasteiger partial charge >= 0.3 is 0 Å². The second-order valence-electron chi connectivity index (χ2n) is 5.41. The fraction of sp³-hybridized carbons (Fsp3) is 0.278. The van der Waals surface area contributed by atoms with Gasteiger partial charge in [0.05, 0.1) is 7.11 Å². The van der Waals surface area contributed by atoms with E-state index in [0.717, 1.165) is 11.3 Å². The predicted molar refractivity (Wildman–Crippen MR) is 92.7 cm³/mol. The third-order valence-corrected chi connectivity index (χ3v) is 3.68. The van der Waals surface area contributed by atoms with Crippen LogP contribution in [0.3, 0.4) is 0 Å². The number of aryl methyl sites for hydroxylation is 2. The fourth-order valence-corrected chi connectivity index (χ4v) is 2.17. The Morgan fingerprint density at radius 1 is 1.17 bits per heavy atom. The van der Waals surface area contributed by atoms with Gasteiger partial charge in [-0.3, -0.25) is 4.99 Å². The van der Waals surface area contributed by atoms with Crippen LogP contribution in [-0.4, -0.2) is 19.6 Å². The van der Waals surface area contributed by atoms with E-state index in [0.29, 0.717) is 18.9 Å². The molecule has 0 aliphatic rings. The number of halogens is 1. The van der Waals surface area contributed by atoms with Crippen molar-refractivity contribution in [3.8, 4) is 5.75 Å². The van der Waals surface area contributed by atoms with Gasteiger partial charge in [-0.15, -0.1) is 0 Å². The number of guanidine groups is 1. The van der Waals surface area contributed by atoms with Crippen LogP contribution in [0.5, 0.6) is 5.75 Å². The summed E-state index contributed by atoms with van der Waals surface area (Å²) in [4.78, 5) is 4.29. The molecule has 0 fully saturated rings. The Morgan fingerprint density at radius 2 is 1.96 bits per heavy atom. The molecule has 4 nitrogen and oxygen atoms in total. The Hall–Kier alpha value is -2.56. The molecule has 0 aromatic heterocycles. The molecular weight excluding hydrogens is 293 g/mol. The minimum absolute atomic E-state index is 0.243. The van der Waals surface area contributed by atoms with Crippen molar-refractivity contribution in [2.24, 2.45) is 10.7 Å². The van der Waals surface area contributed by atoms with Crippen LogP contribution in [0.25, 0.3) is 0 Å². The molecule has 0 amide bonds. The zero-order valence-electron chi connectivity index (χ0n) is 13.7. The quantitative estimate of drug-likeness (QED) is 0.656. The van der Waals surface area contributed by atoms with Crippen molar-refractivity contribution in [1.82, 2.24) is 0 Å². The highest BCUT2D eigenvalue weighted by atomic mass is 19.1. The highest BCUT2D eigenvalue weighted by Crippen LogP contribution is 2.18. The van der Waals surface area contributed by atoms with E-state index in [9.17, 15) is 4.39 Å². The molecule has 0 aliphatic carbocycles. The van der Waals surface area contributed by atoms with E-state index in [2.05, 4.69) is 24.2 Å². The first-order chi connectivity index (χ1) is 11.0. The molecule has 0 spiro atoms. The summed E-state index contributed by atoms with van der Waals surface area (Å²) in [7, 11) is 1.45. The average Bonchev–Trinajstić information content (AvgIpc) is 2.52. The first kappa shape index (κ1) is 16.8. The molecule has 0 aliphatic heterocycles. The summed E-state index contributed by atoms with van der Waals surface area (Å²) in [6.45, 7) is 4.63. The zero-order valence-corrected chi connectivity index (χ0v) is 13.7. The molecule has 2 aromatic rings. The molecule has 0 saturated heterocycles. The molecular formula is C18H22FN3O. The molecule has 0 heterocycles. The van der Waals surface area contributed by atoms with E-state index in [4.69, 9.17) is 10.5 Å². The molecule has 0 bridgehead atoms. The molecule has 23 heavy (non-hydrogen) atoms. The van der Waals surface area contributed by atoms with E-state index < -0.39 is 0 Å². The average molecular weight is 315 g/mol. The summed E-state index contributed by atoms with van der Waals surface area (Å²) in [5, 5.41) is 3.07. The number of nitrogens with two attached hydrogens (primary N) is 1. The van der Waals surface area contributed by atoms with Crippen molar-refractivity contribution in [3.05, 3.63) is 58.9 Å². The minimum atomic E-state index is -0.365. The lowest BCUT2D eigenvalue weighted by Gasteiger charge is -2.08. The standard InChI is InChI=1S/C18H22FN3O/c1-12-4-6-15(10-13(12)2)22-18(20)21-9-8-14-5-7-16(19)17(11-14)23-3/h4-7,10-11H,8-9H2,1-3H3,(H3,20,21,22). The van der Waals surface area contributed by atoms with Crippen molar-refractivity contribution >= 4 is 11.6 Å². The van der Waals surface area contributed by atoms with Crippen LogP contribution >= 0.6 is 0 Å². The summed E-state index contributed by atoms with van der Waals surface area (Å²) < 4.78 is 18.3.